The summed E-state index contributed by atoms with van der Waals surface area (Å²) in [4.78, 5) is 19.5. The van der Waals surface area contributed by atoms with E-state index in [-0.39, 0.29) is 11.9 Å². The zero-order chi connectivity index (χ0) is 17.0. The zero-order valence-corrected chi connectivity index (χ0v) is 14.1. The molecule has 3 heterocycles. The number of para-hydroxylation sites is 1. The van der Waals surface area contributed by atoms with Crippen molar-refractivity contribution >= 4 is 16.9 Å². The summed E-state index contributed by atoms with van der Waals surface area (Å²) in [6.07, 6.45) is 4.03. The van der Waals surface area contributed by atoms with E-state index in [1.54, 1.807) is 0 Å². The molecular formula is C19H19N3O3. The molecule has 0 bridgehead atoms. The van der Waals surface area contributed by atoms with Crippen molar-refractivity contribution in [2.24, 2.45) is 0 Å². The second-order valence-corrected chi connectivity index (χ2v) is 6.97. The van der Waals surface area contributed by atoms with E-state index in [2.05, 4.69) is 10.1 Å². The number of hydrogen-bond donors (Lipinski definition) is 0. The molecule has 1 saturated heterocycles. The van der Waals surface area contributed by atoms with Gasteiger partial charge in [-0.05, 0) is 38.7 Å². The molecule has 2 aromatic heterocycles. The Balaban J connectivity index is 1.47. The van der Waals surface area contributed by atoms with Gasteiger partial charge in [0.25, 0.3) is 5.91 Å². The molecule has 0 radical (unpaired) electrons. The average molecular weight is 337 g/mol. The second kappa shape index (κ2) is 5.44. The highest BCUT2D eigenvalue weighted by atomic mass is 16.5. The summed E-state index contributed by atoms with van der Waals surface area (Å²) < 4.78 is 11.2. The fourth-order valence-electron chi connectivity index (χ4n) is 3.67. The van der Waals surface area contributed by atoms with Gasteiger partial charge >= 0.3 is 0 Å². The normalized spacial score (nSPS) is 20.5. The molecule has 1 unspecified atom stereocenters. The predicted octanol–water partition coefficient (Wildman–Crippen LogP) is 3.98. The average Bonchev–Trinajstić information content (AvgIpc) is 3.07. The van der Waals surface area contributed by atoms with Crippen LogP contribution in [0.1, 0.15) is 65.5 Å². The minimum Gasteiger partial charge on any atom is -0.451 e. The lowest BCUT2D eigenvalue weighted by atomic mass is 10.1. The summed E-state index contributed by atoms with van der Waals surface area (Å²) in [6, 6.07) is 7.61. The fraction of sp³-hybridized carbons (Fsp3) is 0.421. The molecule has 6 heteroatoms. The molecule has 1 aliphatic heterocycles. The Hall–Kier alpha value is -2.63. The molecule has 3 aromatic rings. The molecule has 2 fully saturated rings. The van der Waals surface area contributed by atoms with Crippen molar-refractivity contribution in [3.05, 3.63) is 47.3 Å². The van der Waals surface area contributed by atoms with Gasteiger partial charge < -0.3 is 13.8 Å². The number of carbonyl (C=O) groups excluding carboxylic acids is 1. The quantitative estimate of drug-likeness (QED) is 0.723. The fourth-order valence-corrected chi connectivity index (χ4v) is 3.67. The first-order valence-electron chi connectivity index (χ1n) is 8.85. The Bertz CT molecular complexity index is 954. The van der Waals surface area contributed by atoms with E-state index in [0.29, 0.717) is 29.9 Å². The molecule has 0 N–H and O–H groups in total. The van der Waals surface area contributed by atoms with Crippen molar-refractivity contribution in [2.75, 3.05) is 6.54 Å². The number of hydrogen-bond acceptors (Lipinski definition) is 5. The van der Waals surface area contributed by atoms with Crippen molar-refractivity contribution in [2.45, 2.75) is 44.6 Å². The molecule has 1 aliphatic carbocycles. The smallest absolute Gasteiger partial charge is 0.290 e. The Morgan fingerprint density at radius 3 is 2.88 bits per heavy atom. The Labute approximate surface area is 144 Å². The monoisotopic (exact) mass is 337 g/mol. The molecule has 6 nitrogen and oxygen atoms in total. The van der Waals surface area contributed by atoms with Crippen LogP contribution >= 0.6 is 0 Å². The van der Waals surface area contributed by atoms with Gasteiger partial charge in [0.05, 0.1) is 6.04 Å². The third kappa shape index (κ3) is 2.35. The van der Waals surface area contributed by atoms with Crippen LogP contribution in [-0.2, 0) is 0 Å². The summed E-state index contributed by atoms with van der Waals surface area (Å²) in [5.41, 5.74) is 1.63. The Kier molecular flexibility index (Phi) is 3.20. The topological polar surface area (TPSA) is 72.4 Å². The van der Waals surface area contributed by atoms with Crippen LogP contribution in [0.5, 0.6) is 0 Å². The summed E-state index contributed by atoms with van der Waals surface area (Å²) >= 11 is 0. The van der Waals surface area contributed by atoms with Crippen molar-refractivity contribution < 1.29 is 13.7 Å². The lowest BCUT2D eigenvalue weighted by Gasteiger charge is -2.21. The van der Waals surface area contributed by atoms with Crippen LogP contribution in [-0.4, -0.2) is 27.5 Å². The van der Waals surface area contributed by atoms with Gasteiger partial charge in [-0.15, -0.1) is 0 Å². The molecule has 1 aromatic carbocycles. The number of aryl methyl sites for hydroxylation is 1. The van der Waals surface area contributed by atoms with Gasteiger partial charge in [-0.2, -0.15) is 4.98 Å². The van der Waals surface area contributed by atoms with Crippen LogP contribution in [0.3, 0.4) is 0 Å². The molecular weight excluding hydrogens is 318 g/mol. The molecule has 0 spiro atoms. The number of furan rings is 1. The van der Waals surface area contributed by atoms with E-state index >= 15 is 0 Å². The minimum atomic E-state index is -0.128. The van der Waals surface area contributed by atoms with Gasteiger partial charge in [0, 0.05) is 23.4 Å². The maximum absolute atomic E-state index is 13.1. The first-order chi connectivity index (χ1) is 12.2. The molecule has 1 saturated carbocycles. The first kappa shape index (κ1) is 14.7. The molecule has 1 atom stereocenters. The second-order valence-electron chi connectivity index (χ2n) is 6.97. The summed E-state index contributed by atoms with van der Waals surface area (Å²) in [6.45, 7) is 2.62. The molecule has 128 valence electrons. The maximum Gasteiger partial charge on any atom is 0.290 e. The largest absolute Gasteiger partial charge is 0.451 e. The van der Waals surface area contributed by atoms with Crippen molar-refractivity contribution in [1.29, 1.82) is 0 Å². The van der Waals surface area contributed by atoms with Gasteiger partial charge in [0.15, 0.2) is 11.6 Å². The summed E-state index contributed by atoms with van der Waals surface area (Å²) in [5.74, 6) is 2.09. The van der Waals surface area contributed by atoms with Crippen molar-refractivity contribution in [3.8, 4) is 0 Å². The lowest BCUT2D eigenvalue weighted by molar-refractivity contribution is 0.0697. The van der Waals surface area contributed by atoms with Gasteiger partial charge in [-0.1, -0.05) is 23.4 Å². The van der Waals surface area contributed by atoms with Gasteiger partial charge in [-0.3, -0.25) is 4.79 Å². The highest BCUT2D eigenvalue weighted by Gasteiger charge is 2.37. The number of carbonyl (C=O) groups is 1. The SMILES string of the molecule is Cc1c(C(=O)N2CCCC2c2noc(C3CC3)n2)oc2ccccc12. The standard InChI is InChI=1S/C19H19N3O3/c1-11-13-5-2-3-7-15(13)24-16(11)19(23)22-10-4-6-14(22)17-20-18(25-21-17)12-8-9-12/h2-3,5,7,12,14H,4,6,8-10H2,1H3. The lowest BCUT2D eigenvalue weighted by Crippen LogP contribution is -2.31. The number of amides is 1. The number of nitrogens with zero attached hydrogens (tertiary/aromatic N) is 3. The van der Waals surface area contributed by atoms with E-state index < -0.39 is 0 Å². The van der Waals surface area contributed by atoms with E-state index in [1.165, 1.54) is 0 Å². The Morgan fingerprint density at radius 2 is 2.08 bits per heavy atom. The van der Waals surface area contributed by atoms with E-state index in [4.69, 9.17) is 8.94 Å². The van der Waals surface area contributed by atoms with Crippen LogP contribution in [0.15, 0.2) is 33.2 Å². The summed E-state index contributed by atoms with van der Waals surface area (Å²) in [7, 11) is 0. The summed E-state index contributed by atoms with van der Waals surface area (Å²) in [5, 5.41) is 5.12. The predicted molar refractivity (Wildman–Crippen MR) is 90.2 cm³/mol. The first-order valence-corrected chi connectivity index (χ1v) is 8.85. The van der Waals surface area contributed by atoms with E-state index in [1.807, 2.05) is 36.1 Å². The number of aromatic nitrogens is 2. The number of rotatable bonds is 3. The maximum atomic E-state index is 13.1. The van der Waals surface area contributed by atoms with Crippen LogP contribution < -0.4 is 0 Å². The van der Waals surface area contributed by atoms with E-state index in [9.17, 15) is 4.79 Å². The van der Waals surface area contributed by atoms with Crippen LogP contribution in [0, 0.1) is 6.92 Å². The molecule has 1 amide bonds. The highest BCUT2D eigenvalue weighted by Crippen LogP contribution is 2.40. The minimum absolute atomic E-state index is 0.0889. The van der Waals surface area contributed by atoms with Crippen molar-refractivity contribution in [1.82, 2.24) is 15.0 Å². The van der Waals surface area contributed by atoms with E-state index in [0.717, 1.165) is 42.2 Å². The third-order valence-electron chi connectivity index (χ3n) is 5.23. The van der Waals surface area contributed by atoms with Gasteiger partial charge in [-0.25, -0.2) is 0 Å². The van der Waals surface area contributed by atoms with Crippen LogP contribution in [0.2, 0.25) is 0 Å². The van der Waals surface area contributed by atoms with Gasteiger partial charge in [0.2, 0.25) is 5.89 Å². The van der Waals surface area contributed by atoms with Crippen molar-refractivity contribution in [3.63, 3.8) is 0 Å². The van der Waals surface area contributed by atoms with Crippen LogP contribution in [0.4, 0.5) is 0 Å². The molecule has 25 heavy (non-hydrogen) atoms. The third-order valence-corrected chi connectivity index (χ3v) is 5.23. The number of likely N-dealkylation sites (tertiary alicyclic amines) is 1. The number of benzene rings is 1. The molecule has 5 rings (SSSR count). The number of fused-ring (bicyclic) bond motifs is 1. The Morgan fingerprint density at radius 1 is 1.24 bits per heavy atom. The molecule has 2 aliphatic rings. The zero-order valence-electron chi connectivity index (χ0n) is 14.1. The van der Waals surface area contributed by atoms with Crippen LogP contribution in [0.25, 0.3) is 11.0 Å². The highest BCUT2D eigenvalue weighted by molar-refractivity contribution is 5.99. The van der Waals surface area contributed by atoms with Gasteiger partial charge in [0.1, 0.15) is 5.58 Å².